The number of hydrogen-bond donors (Lipinski definition) is 3. The minimum absolute atomic E-state index is 0.00357. The van der Waals surface area contributed by atoms with Crippen LogP contribution in [-0.4, -0.2) is 50.7 Å². The number of anilines is 1. The van der Waals surface area contributed by atoms with Crippen molar-refractivity contribution in [3.63, 3.8) is 0 Å². The van der Waals surface area contributed by atoms with Gasteiger partial charge in [0, 0.05) is 25.2 Å². The van der Waals surface area contributed by atoms with Crippen molar-refractivity contribution in [1.29, 1.82) is 0 Å². The van der Waals surface area contributed by atoms with Gasteiger partial charge in [0.1, 0.15) is 0 Å². The molecular formula is C10H14N4O3. The van der Waals surface area contributed by atoms with E-state index in [0.717, 1.165) is 0 Å². The number of nitrogens with two attached hydrogens (primary N) is 1. The summed E-state index contributed by atoms with van der Waals surface area (Å²) in [5, 5.41) is 17.9. The lowest BCUT2D eigenvalue weighted by atomic mass is 10.0. The summed E-state index contributed by atoms with van der Waals surface area (Å²) in [4.78, 5) is 20.9. The van der Waals surface area contributed by atoms with E-state index in [-0.39, 0.29) is 18.2 Å². The average molecular weight is 238 g/mol. The van der Waals surface area contributed by atoms with E-state index in [0.29, 0.717) is 37.3 Å². The van der Waals surface area contributed by atoms with Gasteiger partial charge >= 0.3 is 5.97 Å². The number of aromatic carboxylic acids is 1. The molecular weight excluding hydrogens is 224 g/mol. The Kier molecular flexibility index (Phi) is 3.21. The molecule has 0 aromatic carbocycles. The van der Waals surface area contributed by atoms with E-state index in [9.17, 15) is 4.79 Å². The van der Waals surface area contributed by atoms with Crippen LogP contribution >= 0.6 is 0 Å². The van der Waals surface area contributed by atoms with Crippen LogP contribution in [0.1, 0.15) is 21.7 Å². The topological polar surface area (TPSA) is 113 Å². The number of carboxylic acids is 1. The van der Waals surface area contributed by atoms with Crippen molar-refractivity contribution in [2.45, 2.75) is 13.0 Å². The molecule has 7 nitrogen and oxygen atoms in total. The van der Waals surface area contributed by atoms with E-state index in [1.165, 1.54) is 0 Å². The van der Waals surface area contributed by atoms with Crippen molar-refractivity contribution in [1.82, 2.24) is 14.9 Å². The Labute approximate surface area is 97.9 Å². The third kappa shape index (κ3) is 2.34. The van der Waals surface area contributed by atoms with Gasteiger partial charge in [0.05, 0.1) is 12.3 Å². The number of fused-ring (bicyclic) bond motifs is 1. The van der Waals surface area contributed by atoms with E-state index >= 15 is 0 Å². The lowest BCUT2D eigenvalue weighted by Crippen LogP contribution is -2.34. The van der Waals surface area contributed by atoms with Crippen molar-refractivity contribution in [3.05, 3.63) is 17.0 Å². The average Bonchev–Trinajstić information content (AvgIpc) is 2.27. The first-order chi connectivity index (χ1) is 8.11. The number of nitrogens with zero attached hydrogens (tertiary/aromatic N) is 3. The van der Waals surface area contributed by atoms with Gasteiger partial charge in [-0.25, -0.2) is 14.8 Å². The van der Waals surface area contributed by atoms with E-state index in [4.69, 9.17) is 15.9 Å². The zero-order chi connectivity index (χ0) is 12.4. The quantitative estimate of drug-likeness (QED) is 0.626. The molecule has 1 aliphatic heterocycles. The third-order valence-corrected chi connectivity index (χ3v) is 2.78. The number of aromatic nitrogens is 2. The molecule has 0 bridgehead atoms. The Bertz CT molecular complexity index is 449. The van der Waals surface area contributed by atoms with Gasteiger partial charge in [-0.05, 0) is 6.42 Å². The number of nitrogen functional groups attached to an aromatic ring is 1. The molecule has 0 amide bonds. The first-order valence-corrected chi connectivity index (χ1v) is 5.33. The van der Waals surface area contributed by atoms with Crippen LogP contribution in [0, 0.1) is 0 Å². The maximum atomic E-state index is 11.0. The van der Waals surface area contributed by atoms with Gasteiger partial charge in [-0.3, -0.25) is 4.90 Å². The number of aliphatic hydroxyl groups excluding tert-OH is 1. The summed E-state index contributed by atoms with van der Waals surface area (Å²) in [6.07, 6.45) is 0.567. The summed E-state index contributed by atoms with van der Waals surface area (Å²) in [6, 6.07) is 0. The van der Waals surface area contributed by atoms with Gasteiger partial charge in [0.25, 0.3) is 0 Å². The zero-order valence-electron chi connectivity index (χ0n) is 9.26. The van der Waals surface area contributed by atoms with Crippen molar-refractivity contribution in [3.8, 4) is 0 Å². The Morgan fingerprint density at radius 2 is 2.24 bits per heavy atom. The first kappa shape index (κ1) is 11.7. The van der Waals surface area contributed by atoms with Crippen molar-refractivity contribution >= 4 is 11.9 Å². The number of rotatable bonds is 3. The zero-order valence-corrected chi connectivity index (χ0v) is 9.26. The Balaban J connectivity index is 2.35. The van der Waals surface area contributed by atoms with Crippen molar-refractivity contribution < 1.29 is 15.0 Å². The molecule has 1 aromatic rings. The summed E-state index contributed by atoms with van der Waals surface area (Å²) in [5.41, 5.74) is 6.78. The predicted octanol–water partition coefficient (Wildman–Crippen LogP) is -0.893. The van der Waals surface area contributed by atoms with Gasteiger partial charge in [-0.1, -0.05) is 0 Å². The normalized spacial score (nSPS) is 15.6. The van der Waals surface area contributed by atoms with Crippen LogP contribution in [0.3, 0.4) is 0 Å². The molecule has 1 aromatic heterocycles. The fourth-order valence-corrected chi connectivity index (χ4v) is 2.01. The van der Waals surface area contributed by atoms with Crippen LogP contribution in [0.25, 0.3) is 0 Å². The number of carbonyl (C=O) groups is 1. The number of aliphatic hydroxyl groups is 1. The van der Waals surface area contributed by atoms with Gasteiger partial charge in [-0.2, -0.15) is 0 Å². The van der Waals surface area contributed by atoms with Gasteiger partial charge in [0.15, 0.2) is 5.69 Å². The maximum Gasteiger partial charge on any atom is 0.354 e. The molecule has 0 saturated carbocycles. The summed E-state index contributed by atoms with van der Waals surface area (Å²) in [6.45, 7) is 1.82. The predicted molar refractivity (Wildman–Crippen MR) is 59.5 cm³/mol. The van der Waals surface area contributed by atoms with Crippen LogP contribution in [0.15, 0.2) is 0 Å². The third-order valence-electron chi connectivity index (χ3n) is 2.78. The molecule has 0 aliphatic carbocycles. The molecule has 17 heavy (non-hydrogen) atoms. The summed E-state index contributed by atoms with van der Waals surface area (Å²) < 4.78 is 0. The van der Waals surface area contributed by atoms with Gasteiger partial charge in [0.2, 0.25) is 5.95 Å². The minimum atomic E-state index is -1.08. The highest BCUT2D eigenvalue weighted by Gasteiger charge is 2.24. The summed E-state index contributed by atoms with van der Waals surface area (Å²) in [7, 11) is 0. The molecule has 0 fully saturated rings. The Hall–Kier alpha value is -1.73. The molecule has 1 aliphatic rings. The maximum absolute atomic E-state index is 11.0. The molecule has 0 spiro atoms. The van der Waals surface area contributed by atoms with Crippen molar-refractivity contribution in [2.24, 2.45) is 0 Å². The fraction of sp³-hybridized carbons (Fsp3) is 0.500. The van der Waals surface area contributed by atoms with Crippen LogP contribution in [0.5, 0.6) is 0 Å². The summed E-state index contributed by atoms with van der Waals surface area (Å²) >= 11 is 0. The van der Waals surface area contributed by atoms with Crippen LogP contribution in [0.4, 0.5) is 5.95 Å². The monoisotopic (exact) mass is 238 g/mol. The van der Waals surface area contributed by atoms with E-state index < -0.39 is 5.97 Å². The minimum Gasteiger partial charge on any atom is -0.476 e. The highest BCUT2D eigenvalue weighted by molar-refractivity contribution is 5.87. The molecule has 0 saturated heterocycles. The molecule has 2 heterocycles. The highest BCUT2D eigenvalue weighted by atomic mass is 16.4. The number of carboxylic acid groups (broad SMARTS) is 1. The van der Waals surface area contributed by atoms with Crippen LogP contribution in [-0.2, 0) is 13.0 Å². The smallest absolute Gasteiger partial charge is 0.354 e. The second-order valence-electron chi connectivity index (χ2n) is 3.91. The van der Waals surface area contributed by atoms with E-state index in [1.807, 2.05) is 4.90 Å². The number of hydrogen-bond acceptors (Lipinski definition) is 6. The standard InChI is InChI=1S/C10H14N4O3/c11-10-12-7-5-14(3-4-15)2-1-6(7)8(13-10)9(16)17/h15H,1-5H2,(H,16,17)(H2,11,12,13). The second kappa shape index (κ2) is 4.64. The molecule has 2 rings (SSSR count). The SMILES string of the molecule is Nc1nc2c(c(C(=O)O)n1)CCN(CCO)C2. The van der Waals surface area contributed by atoms with Gasteiger partial charge in [-0.15, -0.1) is 0 Å². The Morgan fingerprint density at radius 3 is 2.88 bits per heavy atom. The number of β-amino-alcohol motifs (C(OH)–C–C–N with tert-alkyl or cyclic N) is 1. The molecule has 0 radical (unpaired) electrons. The summed E-state index contributed by atoms with van der Waals surface area (Å²) in [5.74, 6) is -1.10. The lowest BCUT2D eigenvalue weighted by Gasteiger charge is -2.27. The Morgan fingerprint density at radius 1 is 1.47 bits per heavy atom. The lowest BCUT2D eigenvalue weighted by molar-refractivity contribution is 0.0687. The highest BCUT2D eigenvalue weighted by Crippen LogP contribution is 2.20. The van der Waals surface area contributed by atoms with Crippen LogP contribution in [0.2, 0.25) is 0 Å². The van der Waals surface area contributed by atoms with Crippen LogP contribution < -0.4 is 5.73 Å². The largest absolute Gasteiger partial charge is 0.476 e. The van der Waals surface area contributed by atoms with Crippen molar-refractivity contribution in [2.75, 3.05) is 25.4 Å². The molecule has 92 valence electrons. The molecule has 7 heteroatoms. The molecule has 0 unspecified atom stereocenters. The van der Waals surface area contributed by atoms with E-state index in [1.54, 1.807) is 0 Å². The van der Waals surface area contributed by atoms with E-state index in [2.05, 4.69) is 9.97 Å². The molecule has 4 N–H and O–H groups in total. The molecule has 0 atom stereocenters. The van der Waals surface area contributed by atoms with Gasteiger partial charge < -0.3 is 15.9 Å². The fourth-order valence-electron chi connectivity index (χ4n) is 2.01. The first-order valence-electron chi connectivity index (χ1n) is 5.33. The second-order valence-corrected chi connectivity index (χ2v) is 3.91.